The van der Waals surface area contributed by atoms with Crippen LogP contribution in [0.1, 0.15) is 37.7 Å². The molecule has 0 radical (unpaired) electrons. The van der Waals surface area contributed by atoms with Crippen LogP contribution < -0.4 is 10.9 Å². The molecule has 0 saturated heterocycles. The normalized spacial score (nSPS) is 11.0. The number of hydrogen-bond donors (Lipinski definition) is 1. The van der Waals surface area contributed by atoms with Gasteiger partial charge in [0.1, 0.15) is 5.69 Å². The standard InChI is InChI=1S/C20H23N3O4/c1-13-12-23(3)20(26)18(14(13)2)17(24)9-8-15-6-5-7-16(22-15)19(25)21-10-11-27-4/h5-9,12H,10-11H2,1-4H3,(H,21,25)/b9-8+. The summed E-state index contributed by atoms with van der Waals surface area (Å²) in [5.41, 5.74) is 2.01. The zero-order valence-corrected chi connectivity index (χ0v) is 15.9. The minimum Gasteiger partial charge on any atom is -0.383 e. The Morgan fingerprint density at radius 3 is 2.74 bits per heavy atom. The molecule has 2 rings (SSSR count). The third kappa shape index (κ3) is 4.98. The third-order valence-corrected chi connectivity index (χ3v) is 4.13. The van der Waals surface area contributed by atoms with Gasteiger partial charge in [0, 0.05) is 26.9 Å². The van der Waals surface area contributed by atoms with Gasteiger partial charge in [-0.15, -0.1) is 0 Å². The van der Waals surface area contributed by atoms with E-state index in [9.17, 15) is 14.4 Å². The van der Waals surface area contributed by atoms with E-state index in [0.29, 0.717) is 24.4 Å². The maximum absolute atomic E-state index is 12.5. The predicted molar refractivity (Wildman–Crippen MR) is 103 cm³/mol. The second kappa shape index (κ2) is 9.05. The Bertz CT molecular complexity index is 945. The van der Waals surface area contributed by atoms with Crippen molar-refractivity contribution in [3.63, 3.8) is 0 Å². The Balaban J connectivity index is 2.22. The number of hydrogen-bond acceptors (Lipinski definition) is 5. The molecule has 0 aliphatic carbocycles. The summed E-state index contributed by atoms with van der Waals surface area (Å²) in [5.74, 6) is -0.717. The van der Waals surface area contributed by atoms with Crippen molar-refractivity contribution in [2.24, 2.45) is 7.05 Å². The molecule has 0 fully saturated rings. The molecule has 1 N–H and O–H groups in total. The molecule has 0 aromatic carbocycles. The zero-order chi connectivity index (χ0) is 20.0. The Morgan fingerprint density at radius 2 is 2.04 bits per heavy atom. The van der Waals surface area contributed by atoms with Crippen LogP contribution >= 0.6 is 0 Å². The van der Waals surface area contributed by atoms with Gasteiger partial charge in [0.15, 0.2) is 5.78 Å². The summed E-state index contributed by atoms with van der Waals surface area (Å²) in [7, 11) is 3.17. The van der Waals surface area contributed by atoms with E-state index in [1.54, 1.807) is 45.5 Å². The van der Waals surface area contributed by atoms with E-state index in [1.807, 2.05) is 6.92 Å². The number of methoxy groups -OCH3 is 1. The number of nitrogens with zero attached hydrogens (tertiary/aromatic N) is 2. The maximum Gasteiger partial charge on any atom is 0.269 e. The number of allylic oxidation sites excluding steroid dienone is 1. The summed E-state index contributed by atoms with van der Waals surface area (Å²) in [6.07, 6.45) is 4.50. The first-order valence-electron chi connectivity index (χ1n) is 8.48. The SMILES string of the molecule is COCCNC(=O)c1cccc(/C=C/C(=O)c2c(C)c(C)cn(C)c2=O)n1. The van der Waals surface area contributed by atoms with E-state index >= 15 is 0 Å². The first kappa shape index (κ1) is 20.3. The van der Waals surface area contributed by atoms with Crippen LogP contribution in [-0.2, 0) is 11.8 Å². The number of amides is 1. The lowest BCUT2D eigenvalue weighted by Gasteiger charge is -2.08. The second-order valence-corrected chi connectivity index (χ2v) is 6.12. The minimum absolute atomic E-state index is 0.141. The quantitative estimate of drug-likeness (QED) is 0.455. The number of carbonyl (C=O) groups is 2. The summed E-state index contributed by atoms with van der Waals surface area (Å²) in [4.78, 5) is 41.1. The van der Waals surface area contributed by atoms with Crippen molar-refractivity contribution in [2.45, 2.75) is 13.8 Å². The molecule has 2 heterocycles. The van der Waals surface area contributed by atoms with E-state index in [0.717, 1.165) is 5.56 Å². The summed E-state index contributed by atoms with van der Waals surface area (Å²) in [6.45, 7) is 4.39. The summed E-state index contributed by atoms with van der Waals surface area (Å²) >= 11 is 0. The van der Waals surface area contributed by atoms with Crippen molar-refractivity contribution < 1.29 is 14.3 Å². The van der Waals surface area contributed by atoms with Crippen LogP contribution in [0.5, 0.6) is 0 Å². The van der Waals surface area contributed by atoms with Gasteiger partial charge in [-0.3, -0.25) is 14.4 Å². The van der Waals surface area contributed by atoms with Gasteiger partial charge in [0.2, 0.25) is 0 Å². The summed E-state index contributed by atoms with van der Waals surface area (Å²) < 4.78 is 6.28. The average Bonchev–Trinajstić information content (AvgIpc) is 2.65. The van der Waals surface area contributed by atoms with Crippen molar-refractivity contribution in [2.75, 3.05) is 20.3 Å². The van der Waals surface area contributed by atoms with Crippen LogP contribution in [-0.4, -0.2) is 41.5 Å². The topological polar surface area (TPSA) is 90.3 Å². The molecule has 0 bridgehead atoms. The molecule has 0 aliphatic heterocycles. The molecule has 0 unspecified atom stereocenters. The highest BCUT2D eigenvalue weighted by Gasteiger charge is 2.14. The third-order valence-electron chi connectivity index (χ3n) is 4.13. The summed E-state index contributed by atoms with van der Waals surface area (Å²) in [6, 6.07) is 4.94. The highest BCUT2D eigenvalue weighted by Crippen LogP contribution is 2.11. The molecule has 1 amide bonds. The first-order valence-corrected chi connectivity index (χ1v) is 8.48. The van der Waals surface area contributed by atoms with Crippen LogP contribution in [0.3, 0.4) is 0 Å². The lowest BCUT2D eigenvalue weighted by Crippen LogP contribution is -2.27. The van der Waals surface area contributed by atoms with Gasteiger partial charge in [-0.1, -0.05) is 6.07 Å². The van der Waals surface area contributed by atoms with Crippen molar-refractivity contribution in [3.8, 4) is 0 Å². The van der Waals surface area contributed by atoms with E-state index in [1.165, 1.54) is 16.7 Å². The molecule has 27 heavy (non-hydrogen) atoms. The largest absolute Gasteiger partial charge is 0.383 e. The summed E-state index contributed by atoms with van der Waals surface area (Å²) in [5, 5.41) is 2.68. The Morgan fingerprint density at radius 1 is 1.30 bits per heavy atom. The first-order chi connectivity index (χ1) is 12.8. The molecule has 0 aliphatic rings. The fourth-order valence-electron chi connectivity index (χ4n) is 2.54. The number of aryl methyl sites for hydroxylation is 2. The molecule has 0 saturated carbocycles. The van der Waals surface area contributed by atoms with E-state index in [-0.39, 0.29) is 22.7 Å². The number of nitrogens with one attached hydrogen (secondary N) is 1. The van der Waals surface area contributed by atoms with Crippen molar-refractivity contribution >= 4 is 17.8 Å². The van der Waals surface area contributed by atoms with Gasteiger partial charge in [-0.05, 0) is 49.3 Å². The smallest absolute Gasteiger partial charge is 0.269 e. The fraction of sp³-hybridized carbons (Fsp3) is 0.300. The Hall–Kier alpha value is -3.06. The predicted octanol–water partition coefficient (Wildman–Crippen LogP) is 1.67. The number of rotatable bonds is 7. The van der Waals surface area contributed by atoms with Crippen LogP contribution in [0.4, 0.5) is 0 Å². The molecule has 7 nitrogen and oxygen atoms in total. The van der Waals surface area contributed by atoms with Crippen LogP contribution in [0.15, 0.2) is 35.3 Å². The van der Waals surface area contributed by atoms with E-state index < -0.39 is 5.78 Å². The van der Waals surface area contributed by atoms with Gasteiger partial charge >= 0.3 is 0 Å². The maximum atomic E-state index is 12.5. The highest BCUT2D eigenvalue weighted by atomic mass is 16.5. The highest BCUT2D eigenvalue weighted by molar-refractivity contribution is 6.07. The van der Waals surface area contributed by atoms with Gasteiger partial charge in [-0.25, -0.2) is 4.98 Å². The number of ether oxygens (including phenoxy) is 1. The van der Waals surface area contributed by atoms with Crippen LogP contribution in [0, 0.1) is 13.8 Å². The van der Waals surface area contributed by atoms with Gasteiger partial charge in [-0.2, -0.15) is 0 Å². The minimum atomic E-state index is -0.395. The molecule has 7 heteroatoms. The lowest BCUT2D eigenvalue weighted by atomic mass is 10.0. The number of aromatic nitrogens is 2. The van der Waals surface area contributed by atoms with Gasteiger partial charge < -0.3 is 14.6 Å². The Labute approximate surface area is 157 Å². The van der Waals surface area contributed by atoms with E-state index in [4.69, 9.17) is 4.74 Å². The van der Waals surface area contributed by atoms with Crippen LogP contribution in [0.2, 0.25) is 0 Å². The van der Waals surface area contributed by atoms with E-state index in [2.05, 4.69) is 10.3 Å². The monoisotopic (exact) mass is 369 g/mol. The average molecular weight is 369 g/mol. The lowest BCUT2D eigenvalue weighted by molar-refractivity contribution is 0.0931. The van der Waals surface area contributed by atoms with Gasteiger partial charge in [0.05, 0.1) is 17.9 Å². The molecular weight excluding hydrogens is 346 g/mol. The molecule has 2 aromatic heterocycles. The molecular formula is C20H23N3O4. The Kier molecular flexibility index (Phi) is 6.79. The zero-order valence-electron chi connectivity index (χ0n) is 15.9. The number of ketones is 1. The fourth-order valence-corrected chi connectivity index (χ4v) is 2.54. The molecule has 0 spiro atoms. The second-order valence-electron chi connectivity index (χ2n) is 6.12. The molecule has 0 atom stereocenters. The van der Waals surface area contributed by atoms with Crippen molar-refractivity contribution in [1.82, 2.24) is 14.9 Å². The van der Waals surface area contributed by atoms with Crippen LogP contribution in [0.25, 0.3) is 6.08 Å². The van der Waals surface area contributed by atoms with Gasteiger partial charge in [0.25, 0.3) is 11.5 Å². The van der Waals surface area contributed by atoms with Crippen molar-refractivity contribution in [3.05, 3.63) is 68.9 Å². The molecule has 142 valence electrons. The molecule has 2 aromatic rings. The number of carbonyl (C=O) groups excluding carboxylic acids is 2. The van der Waals surface area contributed by atoms with Crippen molar-refractivity contribution in [1.29, 1.82) is 0 Å². The number of pyridine rings is 2.